The van der Waals surface area contributed by atoms with Gasteiger partial charge in [0.05, 0.1) is 17.6 Å². The highest BCUT2D eigenvalue weighted by atomic mass is 32.1. The van der Waals surface area contributed by atoms with Gasteiger partial charge in [-0.2, -0.15) is 0 Å². The van der Waals surface area contributed by atoms with Gasteiger partial charge in [-0.05, 0) is 29.2 Å². The molecule has 3 heterocycles. The molecule has 140 valence electrons. The van der Waals surface area contributed by atoms with Crippen molar-refractivity contribution >= 4 is 33.1 Å². The third kappa shape index (κ3) is 2.83. The molecule has 0 saturated carbocycles. The molecular formula is C23H21N3OS. The van der Waals surface area contributed by atoms with Crippen LogP contribution in [0.5, 0.6) is 5.75 Å². The van der Waals surface area contributed by atoms with Gasteiger partial charge >= 0.3 is 0 Å². The highest BCUT2D eigenvalue weighted by Gasteiger charge is 2.24. The van der Waals surface area contributed by atoms with Crippen LogP contribution in [0.2, 0.25) is 0 Å². The van der Waals surface area contributed by atoms with E-state index in [1.54, 1.807) is 17.7 Å². The molecule has 0 radical (unpaired) electrons. The van der Waals surface area contributed by atoms with Gasteiger partial charge in [0.1, 0.15) is 29.3 Å². The Kier molecular flexibility index (Phi) is 4.24. The van der Waals surface area contributed by atoms with E-state index in [0.717, 1.165) is 34.0 Å². The van der Waals surface area contributed by atoms with E-state index in [1.807, 2.05) is 18.2 Å². The maximum absolute atomic E-state index is 5.84. The van der Waals surface area contributed by atoms with E-state index in [9.17, 15) is 0 Å². The fourth-order valence-corrected chi connectivity index (χ4v) is 4.62. The van der Waals surface area contributed by atoms with Gasteiger partial charge in [-0.3, -0.25) is 0 Å². The van der Waals surface area contributed by atoms with Crippen molar-refractivity contribution in [3.05, 3.63) is 65.8 Å². The van der Waals surface area contributed by atoms with Crippen LogP contribution in [0.15, 0.2) is 60.2 Å². The van der Waals surface area contributed by atoms with E-state index in [1.165, 1.54) is 16.7 Å². The SMILES string of the molecule is CC(C)c1ccc(-c2csc3ncnc(N4CCOc5ccccc54)c23)cc1. The molecular weight excluding hydrogens is 366 g/mol. The molecule has 28 heavy (non-hydrogen) atoms. The molecule has 0 amide bonds. The number of thiophene rings is 1. The van der Waals surface area contributed by atoms with Crippen LogP contribution < -0.4 is 9.64 Å². The van der Waals surface area contributed by atoms with Crippen LogP contribution in [0, 0.1) is 0 Å². The zero-order chi connectivity index (χ0) is 19.1. The minimum Gasteiger partial charge on any atom is -0.490 e. The minimum absolute atomic E-state index is 0.525. The van der Waals surface area contributed by atoms with E-state index >= 15 is 0 Å². The normalized spacial score (nSPS) is 13.6. The van der Waals surface area contributed by atoms with Crippen molar-refractivity contribution in [1.29, 1.82) is 0 Å². The standard InChI is InChI=1S/C23H21N3OS/c1-15(2)16-7-9-17(10-8-16)18-13-28-23-21(18)22(24-14-25-23)26-11-12-27-20-6-4-3-5-19(20)26/h3-10,13-15H,11-12H2,1-2H3. The molecule has 5 rings (SSSR count). The summed E-state index contributed by atoms with van der Waals surface area (Å²) in [6, 6.07) is 17.0. The van der Waals surface area contributed by atoms with E-state index in [0.29, 0.717) is 12.5 Å². The number of nitrogens with zero attached hydrogens (tertiary/aromatic N) is 3. The molecule has 4 nitrogen and oxygen atoms in total. The van der Waals surface area contributed by atoms with E-state index in [2.05, 4.69) is 59.4 Å². The van der Waals surface area contributed by atoms with Crippen LogP contribution in [0.3, 0.4) is 0 Å². The van der Waals surface area contributed by atoms with Crippen LogP contribution in [-0.4, -0.2) is 23.1 Å². The van der Waals surface area contributed by atoms with Gasteiger partial charge in [-0.25, -0.2) is 9.97 Å². The Morgan fingerprint density at radius 2 is 1.86 bits per heavy atom. The summed E-state index contributed by atoms with van der Waals surface area (Å²) in [6.45, 7) is 5.85. The first-order valence-electron chi connectivity index (χ1n) is 9.54. The molecule has 0 bridgehead atoms. The summed E-state index contributed by atoms with van der Waals surface area (Å²) >= 11 is 1.67. The highest BCUT2D eigenvalue weighted by molar-refractivity contribution is 7.17. The fraction of sp³-hybridized carbons (Fsp3) is 0.217. The predicted octanol–water partition coefficient (Wildman–Crippen LogP) is 6.01. The average Bonchev–Trinajstić information content (AvgIpc) is 3.18. The molecule has 2 aromatic carbocycles. The van der Waals surface area contributed by atoms with Crippen molar-refractivity contribution in [3.8, 4) is 16.9 Å². The predicted molar refractivity (Wildman–Crippen MR) is 116 cm³/mol. The second-order valence-electron chi connectivity index (χ2n) is 7.27. The summed E-state index contributed by atoms with van der Waals surface area (Å²) in [5.74, 6) is 2.38. The Bertz CT molecular complexity index is 1130. The van der Waals surface area contributed by atoms with Crippen molar-refractivity contribution in [1.82, 2.24) is 9.97 Å². The number of rotatable bonds is 3. The number of aromatic nitrogens is 2. The number of anilines is 2. The van der Waals surface area contributed by atoms with Crippen LogP contribution in [0.4, 0.5) is 11.5 Å². The van der Waals surface area contributed by atoms with Crippen LogP contribution in [0.1, 0.15) is 25.3 Å². The Hall–Kier alpha value is -2.92. The lowest BCUT2D eigenvalue weighted by Gasteiger charge is -2.30. The number of hydrogen-bond donors (Lipinski definition) is 0. The molecule has 5 heteroatoms. The Morgan fingerprint density at radius 3 is 2.68 bits per heavy atom. The molecule has 0 aliphatic carbocycles. The van der Waals surface area contributed by atoms with E-state index in [-0.39, 0.29) is 0 Å². The summed E-state index contributed by atoms with van der Waals surface area (Å²) in [6.07, 6.45) is 1.66. The number of benzene rings is 2. The van der Waals surface area contributed by atoms with Crippen LogP contribution >= 0.6 is 11.3 Å². The van der Waals surface area contributed by atoms with Crippen molar-refractivity contribution in [2.24, 2.45) is 0 Å². The van der Waals surface area contributed by atoms with Gasteiger partial charge in [0.25, 0.3) is 0 Å². The number of fused-ring (bicyclic) bond motifs is 2. The quantitative estimate of drug-likeness (QED) is 0.431. The Balaban J connectivity index is 1.67. The molecule has 0 unspecified atom stereocenters. The maximum atomic E-state index is 5.84. The summed E-state index contributed by atoms with van der Waals surface area (Å²) < 4.78 is 5.84. The minimum atomic E-state index is 0.525. The molecule has 2 aromatic heterocycles. The second kappa shape index (κ2) is 6.91. The lowest BCUT2D eigenvalue weighted by molar-refractivity contribution is 0.314. The number of para-hydroxylation sites is 2. The lowest BCUT2D eigenvalue weighted by Crippen LogP contribution is -2.29. The van der Waals surface area contributed by atoms with Gasteiger partial charge in [-0.1, -0.05) is 50.2 Å². The largest absolute Gasteiger partial charge is 0.490 e. The molecule has 4 aromatic rings. The first-order valence-corrected chi connectivity index (χ1v) is 10.4. The molecule has 0 saturated heterocycles. The van der Waals surface area contributed by atoms with Crippen molar-refractivity contribution < 1.29 is 4.74 Å². The molecule has 1 aliphatic rings. The zero-order valence-electron chi connectivity index (χ0n) is 15.9. The van der Waals surface area contributed by atoms with Gasteiger partial charge < -0.3 is 9.64 Å². The lowest BCUT2D eigenvalue weighted by atomic mass is 9.99. The topological polar surface area (TPSA) is 38.2 Å². The molecule has 0 spiro atoms. The van der Waals surface area contributed by atoms with Crippen molar-refractivity contribution in [2.45, 2.75) is 19.8 Å². The van der Waals surface area contributed by atoms with Gasteiger partial charge in [0.2, 0.25) is 0 Å². The van der Waals surface area contributed by atoms with Crippen molar-refractivity contribution in [2.75, 3.05) is 18.1 Å². The first-order chi connectivity index (χ1) is 13.7. The van der Waals surface area contributed by atoms with E-state index in [4.69, 9.17) is 9.72 Å². The van der Waals surface area contributed by atoms with Crippen molar-refractivity contribution in [3.63, 3.8) is 0 Å². The fourth-order valence-electron chi connectivity index (χ4n) is 3.71. The molecule has 0 fully saturated rings. The summed E-state index contributed by atoms with van der Waals surface area (Å²) in [7, 11) is 0. The van der Waals surface area contributed by atoms with Crippen LogP contribution in [-0.2, 0) is 0 Å². The monoisotopic (exact) mass is 387 g/mol. The molecule has 1 aliphatic heterocycles. The van der Waals surface area contributed by atoms with E-state index < -0.39 is 0 Å². The summed E-state index contributed by atoms with van der Waals surface area (Å²) in [5, 5.41) is 3.31. The zero-order valence-corrected chi connectivity index (χ0v) is 16.7. The van der Waals surface area contributed by atoms with Gasteiger partial charge in [0.15, 0.2) is 0 Å². The highest BCUT2D eigenvalue weighted by Crippen LogP contribution is 2.42. The third-order valence-corrected chi connectivity index (χ3v) is 6.11. The number of hydrogen-bond acceptors (Lipinski definition) is 5. The Morgan fingerprint density at radius 1 is 1.04 bits per heavy atom. The van der Waals surface area contributed by atoms with Gasteiger partial charge in [-0.15, -0.1) is 11.3 Å². The first kappa shape index (κ1) is 17.2. The number of ether oxygens (including phenoxy) is 1. The maximum Gasteiger partial charge on any atom is 0.146 e. The summed E-state index contributed by atoms with van der Waals surface area (Å²) in [5.41, 5.74) is 4.80. The second-order valence-corrected chi connectivity index (χ2v) is 8.13. The van der Waals surface area contributed by atoms with Crippen LogP contribution in [0.25, 0.3) is 21.3 Å². The average molecular weight is 388 g/mol. The summed E-state index contributed by atoms with van der Waals surface area (Å²) in [4.78, 5) is 12.5. The molecule has 0 N–H and O–H groups in total. The Labute approximate surface area is 168 Å². The molecule has 0 atom stereocenters. The third-order valence-electron chi connectivity index (χ3n) is 5.22. The smallest absolute Gasteiger partial charge is 0.146 e. The van der Waals surface area contributed by atoms with Gasteiger partial charge in [0, 0.05) is 10.9 Å².